The van der Waals surface area contributed by atoms with Gasteiger partial charge in [-0.1, -0.05) is 0 Å². The summed E-state index contributed by atoms with van der Waals surface area (Å²) in [5, 5.41) is 0. The van der Waals surface area contributed by atoms with E-state index in [1.165, 1.54) is 13.1 Å². The molecule has 0 radical (unpaired) electrons. The maximum absolute atomic E-state index is 12.4. The van der Waals surface area contributed by atoms with Crippen LogP contribution < -0.4 is 10.5 Å². The number of esters is 1. The summed E-state index contributed by atoms with van der Waals surface area (Å²) in [7, 11) is 0. The fraction of sp³-hybridized carbons (Fsp3) is 0.500. The lowest BCUT2D eigenvalue weighted by molar-refractivity contribution is -0.275. The van der Waals surface area contributed by atoms with E-state index in [4.69, 9.17) is 10.5 Å². The Bertz CT molecular complexity index is 490. The lowest BCUT2D eigenvalue weighted by atomic mass is 10.1. The monoisotopic (exact) mass is 292 g/mol. The highest BCUT2D eigenvalue weighted by atomic mass is 19.4. The SMILES string of the molecule is CCOC(=O)Cc1cnc(CN)c(OC(F)(F)F)c1C. The van der Waals surface area contributed by atoms with Gasteiger partial charge in [-0.05, 0) is 25.0 Å². The van der Waals surface area contributed by atoms with Gasteiger partial charge >= 0.3 is 12.3 Å². The first-order valence-corrected chi connectivity index (χ1v) is 5.87. The average molecular weight is 292 g/mol. The van der Waals surface area contributed by atoms with Gasteiger partial charge in [0.05, 0.1) is 18.7 Å². The third-order valence-corrected chi connectivity index (χ3v) is 2.51. The summed E-state index contributed by atoms with van der Waals surface area (Å²) in [6.07, 6.45) is -3.72. The highest BCUT2D eigenvalue weighted by Gasteiger charge is 2.33. The predicted molar refractivity (Wildman–Crippen MR) is 63.9 cm³/mol. The molecule has 0 aliphatic heterocycles. The minimum absolute atomic E-state index is 0.0209. The fourth-order valence-electron chi connectivity index (χ4n) is 1.62. The van der Waals surface area contributed by atoms with Crippen LogP contribution in [0.2, 0.25) is 0 Å². The van der Waals surface area contributed by atoms with Crippen molar-refractivity contribution in [1.82, 2.24) is 4.98 Å². The highest BCUT2D eigenvalue weighted by Crippen LogP contribution is 2.30. The zero-order valence-electron chi connectivity index (χ0n) is 11.1. The molecule has 2 N–H and O–H groups in total. The van der Waals surface area contributed by atoms with Crippen molar-refractivity contribution < 1.29 is 27.4 Å². The summed E-state index contributed by atoms with van der Waals surface area (Å²) in [5.74, 6) is -1.00. The molecule has 0 aliphatic carbocycles. The Morgan fingerprint density at radius 2 is 2.10 bits per heavy atom. The topological polar surface area (TPSA) is 74.4 Å². The number of halogens is 3. The quantitative estimate of drug-likeness (QED) is 0.838. The molecule has 0 saturated carbocycles. The molecule has 112 valence electrons. The van der Waals surface area contributed by atoms with Crippen LogP contribution in [-0.4, -0.2) is 23.9 Å². The van der Waals surface area contributed by atoms with Gasteiger partial charge in [0, 0.05) is 12.7 Å². The zero-order chi connectivity index (χ0) is 15.3. The van der Waals surface area contributed by atoms with Crippen molar-refractivity contribution >= 4 is 5.97 Å². The van der Waals surface area contributed by atoms with Crippen LogP contribution >= 0.6 is 0 Å². The molecule has 20 heavy (non-hydrogen) atoms. The zero-order valence-corrected chi connectivity index (χ0v) is 11.1. The molecule has 1 heterocycles. The van der Waals surface area contributed by atoms with E-state index in [-0.39, 0.29) is 30.8 Å². The van der Waals surface area contributed by atoms with Gasteiger partial charge in [0.25, 0.3) is 0 Å². The number of ether oxygens (including phenoxy) is 2. The largest absolute Gasteiger partial charge is 0.573 e. The van der Waals surface area contributed by atoms with Crippen LogP contribution in [-0.2, 0) is 22.5 Å². The second-order valence-electron chi connectivity index (χ2n) is 3.92. The lowest BCUT2D eigenvalue weighted by Crippen LogP contribution is -2.21. The van der Waals surface area contributed by atoms with Crippen LogP contribution in [0.5, 0.6) is 5.75 Å². The van der Waals surface area contributed by atoms with Gasteiger partial charge < -0.3 is 15.2 Å². The number of hydrogen-bond donors (Lipinski definition) is 1. The minimum Gasteiger partial charge on any atom is -0.466 e. The van der Waals surface area contributed by atoms with Crippen LogP contribution in [0.25, 0.3) is 0 Å². The molecule has 0 aliphatic rings. The number of carbonyl (C=O) groups is 1. The molecule has 0 unspecified atom stereocenters. The van der Waals surface area contributed by atoms with E-state index in [9.17, 15) is 18.0 Å². The van der Waals surface area contributed by atoms with Gasteiger partial charge in [0.2, 0.25) is 0 Å². The van der Waals surface area contributed by atoms with Crippen molar-refractivity contribution in [2.24, 2.45) is 5.73 Å². The van der Waals surface area contributed by atoms with E-state index < -0.39 is 18.1 Å². The molecule has 1 rings (SSSR count). The summed E-state index contributed by atoms with van der Waals surface area (Å²) in [4.78, 5) is 15.2. The van der Waals surface area contributed by atoms with Gasteiger partial charge in [-0.25, -0.2) is 0 Å². The van der Waals surface area contributed by atoms with Crippen LogP contribution in [0.1, 0.15) is 23.7 Å². The van der Waals surface area contributed by atoms with E-state index in [2.05, 4.69) is 9.72 Å². The van der Waals surface area contributed by atoms with E-state index in [1.807, 2.05) is 0 Å². The van der Waals surface area contributed by atoms with Gasteiger partial charge in [0.15, 0.2) is 5.75 Å². The first-order chi connectivity index (χ1) is 9.28. The highest BCUT2D eigenvalue weighted by molar-refractivity contribution is 5.73. The molecule has 8 heteroatoms. The van der Waals surface area contributed by atoms with Crippen LogP contribution in [0.4, 0.5) is 13.2 Å². The molecule has 1 aromatic heterocycles. The number of aromatic nitrogens is 1. The van der Waals surface area contributed by atoms with Crippen molar-refractivity contribution in [3.8, 4) is 5.75 Å². The number of hydrogen-bond acceptors (Lipinski definition) is 5. The normalized spacial score (nSPS) is 11.3. The molecule has 0 bridgehead atoms. The number of alkyl halides is 3. The number of pyridine rings is 1. The second kappa shape index (κ2) is 6.56. The summed E-state index contributed by atoms with van der Waals surface area (Å²) in [6.45, 7) is 3.04. The standard InChI is InChI=1S/C12H15F3N2O3/c1-3-19-10(18)4-8-6-17-9(5-16)11(7(8)2)20-12(13,14)15/h6H,3-5,16H2,1-2H3. The average Bonchev–Trinajstić information content (AvgIpc) is 2.33. The Kier molecular flexibility index (Phi) is 5.32. The molecule has 0 spiro atoms. The summed E-state index contributed by atoms with van der Waals surface area (Å²) >= 11 is 0. The van der Waals surface area contributed by atoms with E-state index in [0.717, 1.165) is 0 Å². The van der Waals surface area contributed by atoms with Crippen molar-refractivity contribution in [3.05, 3.63) is 23.0 Å². The predicted octanol–water partition coefficient (Wildman–Crippen LogP) is 1.85. The Hall–Kier alpha value is -1.83. The molecule has 0 amide bonds. The molecule has 0 fully saturated rings. The van der Waals surface area contributed by atoms with Crippen LogP contribution in [0.3, 0.4) is 0 Å². The molecule has 0 atom stereocenters. The summed E-state index contributed by atoms with van der Waals surface area (Å²) in [6, 6.07) is 0. The van der Waals surface area contributed by atoms with Crippen molar-refractivity contribution in [2.45, 2.75) is 33.2 Å². The molecule has 5 nitrogen and oxygen atoms in total. The third kappa shape index (κ3) is 4.37. The molecular weight excluding hydrogens is 277 g/mol. The van der Waals surface area contributed by atoms with Crippen molar-refractivity contribution in [3.63, 3.8) is 0 Å². The second-order valence-corrected chi connectivity index (χ2v) is 3.92. The van der Waals surface area contributed by atoms with Crippen molar-refractivity contribution in [2.75, 3.05) is 6.61 Å². The first-order valence-electron chi connectivity index (χ1n) is 5.87. The molecule has 0 saturated heterocycles. The maximum Gasteiger partial charge on any atom is 0.573 e. The third-order valence-electron chi connectivity index (χ3n) is 2.51. The van der Waals surface area contributed by atoms with Crippen LogP contribution in [0.15, 0.2) is 6.20 Å². The van der Waals surface area contributed by atoms with E-state index in [0.29, 0.717) is 5.56 Å². The molecular formula is C12H15F3N2O3. The maximum atomic E-state index is 12.4. The molecule has 1 aromatic rings. The van der Waals surface area contributed by atoms with Gasteiger partial charge in [0.1, 0.15) is 0 Å². The van der Waals surface area contributed by atoms with Gasteiger partial charge in [-0.15, -0.1) is 13.2 Å². The Morgan fingerprint density at radius 3 is 2.60 bits per heavy atom. The first kappa shape index (κ1) is 16.2. The Morgan fingerprint density at radius 1 is 1.45 bits per heavy atom. The van der Waals surface area contributed by atoms with E-state index in [1.54, 1.807) is 6.92 Å². The van der Waals surface area contributed by atoms with Gasteiger partial charge in [-0.3, -0.25) is 9.78 Å². The van der Waals surface area contributed by atoms with Crippen LogP contribution in [0, 0.1) is 6.92 Å². The Labute approximate surface area is 113 Å². The van der Waals surface area contributed by atoms with E-state index >= 15 is 0 Å². The fourth-order valence-corrected chi connectivity index (χ4v) is 1.62. The lowest BCUT2D eigenvalue weighted by Gasteiger charge is -2.16. The molecule has 0 aromatic carbocycles. The summed E-state index contributed by atoms with van der Waals surface area (Å²) in [5.41, 5.74) is 5.79. The number of nitrogens with two attached hydrogens (primary N) is 1. The smallest absolute Gasteiger partial charge is 0.466 e. The Balaban J connectivity index is 3.11. The number of rotatable bonds is 5. The number of carbonyl (C=O) groups excluding carboxylic acids is 1. The van der Waals surface area contributed by atoms with Gasteiger partial charge in [-0.2, -0.15) is 0 Å². The minimum atomic E-state index is -4.85. The van der Waals surface area contributed by atoms with Crippen molar-refractivity contribution in [1.29, 1.82) is 0 Å². The number of nitrogens with zero attached hydrogens (tertiary/aromatic N) is 1. The summed E-state index contributed by atoms with van der Waals surface area (Å²) < 4.78 is 45.8.